The molecule has 0 saturated heterocycles. The van der Waals surface area contributed by atoms with E-state index >= 15 is 0 Å². The highest BCUT2D eigenvalue weighted by Gasteiger charge is 2.41. The van der Waals surface area contributed by atoms with Gasteiger partial charge in [0, 0.05) is 14.5 Å². The van der Waals surface area contributed by atoms with Crippen molar-refractivity contribution in [1.29, 1.82) is 0 Å². The Kier molecular flexibility index (Phi) is 6.38. The highest BCUT2D eigenvalue weighted by molar-refractivity contribution is 5.82. The van der Waals surface area contributed by atoms with E-state index in [1.807, 2.05) is 6.92 Å². The number of fused-ring (bicyclic) bond motifs is 1. The Bertz CT molecular complexity index is 1370. The maximum Gasteiger partial charge on any atom is 0.329 e. The number of H-pyrrole nitrogens is 1. The second-order valence-electron chi connectivity index (χ2n) is 9.12. The largest absolute Gasteiger partial charge is 0.348 e. The number of carbonyl (C=O) groups is 1. The molecule has 0 spiro atoms. The molecule has 2 N–H and O–H groups in total. The summed E-state index contributed by atoms with van der Waals surface area (Å²) in [7, 11) is 0. The lowest BCUT2D eigenvalue weighted by atomic mass is 9.63. The first kappa shape index (κ1) is 23.8. The molecular formula is C25H30F3N3O3. The van der Waals surface area contributed by atoms with Gasteiger partial charge < -0.3 is 10.3 Å². The molecule has 0 unspecified atom stereocenters. The van der Waals surface area contributed by atoms with Crippen molar-refractivity contribution in [2.24, 2.45) is 5.41 Å². The van der Waals surface area contributed by atoms with Gasteiger partial charge in [-0.3, -0.25) is 9.59 Å². The number of hydrogen-bond donors (Lipinski definition) is 2. The summed E-state index contributed by atoms with van der Waals surface area (Å²) in [6.07, 6.45) is 3.67. The predicted octanol–water partition coefficient (Wildman–Crippen LogP) is 4.99. The van der Waals surface area contributed by atoms with E-state index < -0.39 is 46.7 Å². The van der Waals surface area contributed by atoms with E-state index in [9.17, 15) is 27.6 Å². The molecule has 0 aliphatic heterocycles. The molecule has 2 aromatic carbocycles. The summed E-state index contributed by atoms with van der Waals surface area (Å²) < 4.78 is 42.3. The Balaban J connectivity index is 0.00000228. The molecule has 6 nitrogen and oxygen atoms in total. The van der Waals surface area contributed by atoms with E-state index in [4.69, 9.17) is 0 Å². The fraction of sp³-hybridized carbons (Fsp3) is 0.400. The van der Waals surface area contributed by atoms with Crippen LogP contribution in [0, 0.1) is 22.9 Å². The third kappa shape index (κ3) is 4.38. The van der Waals surface area contributed by atoms with Crippen molar-refractivity contribution >= 4 is 16.8 Å². The van der Waals surface area contributed by atoms with E-state index in [0.29, 0.717) is 0 Å². The lowest BCUT2D eigenvalue weighted by molar-refractivity contribution is -0.127. The third-order valence-electron chi connectivity index (χ3n) is 7.08. The van der Waals surface area contributed by atoms with Gasteiger partial charge in [-0.1, -0.05) is 25.8 Å². The lowest BCUT2D eigenvalue weighted by Gasteiger charge is -2.43. The smallest absolute Gasteiger partial charge is 0.329 e. The molecule has 1 amide bonds. The quantitative estimate of drug-likeness (QED) is 0.503. The van der Waals surface area contributed by atoms with Crippen LogP contribution in [-0.4, -0.2) is 15.5 Å². The minimum atomic E-state index is -1.19. The summed E-state index contributed by atoms with van der Waals surface area (Å²) in [6.45, 7) is 3.53. The van der Waals surface area contributed by atoms with E-state index in [-0.39, 0.29) is 31.2 Å². The van der Waals surface area contributed by atoms with Crippen LogP contribution in [-0.2, 0) is 4.79 Å². The topological polar surface area (TPSA) is 84.0 Å². The Labute approximate surface area is 196 Å². The predicted molar refractivity (Wildman–Crippen MR) is 126 cm³/mol. The summed E-state index contributed by atoms with van der Waals surface area (Å²) in [6, 6.07) is 4.47. The number of halogens is 3. The van der Waals surface area contributed by atoms with Crippen LogP contribution in [0.25, 0.3) is 10.9 Å². The first-order valence-corrected chi connectivity index (χ1v) is 11.3. The van der Waals surface area contributed by atoms with E-state index in [2.05, 4.69) is 10.3 Å². The summed E-state index contributed by atoms with van der Waals surface area (Å²) in [5, 5.41) is 2.63. The summed E-state index contributed by atoms with van der Waals surface area (Å²) in [5.41, 5.74) is -1.53. The van der Waals surface area contributed by atoms with Crippen LogP contribution in [0.4, 0.5) is 13.2 Å². The number of benzene rings is 2. The molecule has 2 atom stereocenters. The number of hydrogen-bond acceptors (Lipinski definition) is 3. The Morgan fingerprint density at radius 3 is 2.44 bits per heavy atom. The van der Waals surface area contributed by atoms with Crippen molar-refractivity contribution in [2.45, 2.75) is 58.0 Å². The average Bonchev–Trinajstić information content (AvgIpc) is 2.75. The first-order chi connectivity index (χ1) is 16.1. The maximum atomic E-state index is 14.3. The zero-order chi connectivity index (χ0) is 24.6. The van der Waals surface area contributed by atoms with E-state index in [1.54, 1.807) is 0 Å². The van der Waals surface area contributed by atoms with Crippen LogP contribution >= 0.6 is 0 Å². The molecule has 184 valence electrons. The summed E-state index contributed by atoms with van der Waals surface area (Å²) >= 11 is 0. The van der Waals surface area contributed by atoms with Gasteiger partial charge in [0.15, 0.2) is 0 Å². The second-order valence-corrected chi connectivity index (χ2v) is 9.12. The van der Waals surface area contributed by atoms with Crippen molar-refractivity contribution < 1.29 is 20.8 Å². The third-order valence-corrected chi connectivity index (χ3v) is 7.08. The molecule has 0 bridgehead atoms. The number of amides is 1. The van der Waals surface area contributed by atoms with Crippen LogP contribution in [0.1, 0.15) is 66.5 Å². The highest BCUT2D eigenvalue weighted by Crippen LogP contribution is 2.49. The first-order valence-electron chi connectivity index (χ1n) is 11.3. The van der Waals surface area contributed by atoms with Gasteiger partial charge >= 0.3 is 5.69 Å². The van der Waals surface area contributed by atoms with Gasteiger partial charge in [-0.25, -0.2) is 22.5 Å². The second kappa shape index (κ2) is 9.12. The SMILES string of the molecule is CCC1(C[C@H](C(=O)N[C@@H](C)c2ccc(F)cc2F)n2c(=O)[nH]c3ccc(F)cc3c2=O)CCC1.[HH].[HH]. The van der Waals surface area contributed by atoms with Crippen LogP contribution in [0.5, 0.6) is 0 Å². The molecule has 1 aromatic heterocycles. The normalized spacial score (nSPS) is 16.6. The molecule has 34 heavy (non-hydrogen) atoms. The molecule has 3 aromatic rings. The number of nitrogens with one attached hydrogen (secondary N) is 2. The van der Waals surface area contributed by atoms with Gasteiger partial charge in [-0.2, -0.15) is 0 Å². The average molecular weight is 478 g/mol. The molecule has 1 heterocycles. The fourth-order valence-corrected chi connectivity index (χ4v) is 4.81. The van der Waals surface area contributed by atoms with Gasteiger partial charge in [0.25, 0.3) is 5.56 Å². The van der Waals surface area contributed by atoms with Crippen LogP contribution < -0.4 is 16.6 Å². The number of carbonyl (C=O) groups excluding carboxylic acids is 1. The highest BCUT2D eigenvalue weighted by atomic mass is 19.1. The van der Waals surface area contributed by atoms with Crippen molar-refractivity contribution in [1.82, 2.24) is 14.9 Å². The van der Waals surface area contributed by atoms with Crippen molar-refractivity contribution in [2.75, 3.05) is 0 Å². The Morgan fingerprint density at radius 1 is 1.15 bits per heavy atom. The van der Waals surface area contributed by atoms with Crippen molar-refractivity contribution in [3.8, 4) is 0 Å². The summed E-state index contributed by atoms with van der Waals surface area (Å²) in [5.74, 6) is -2.84. The lowest BCUT2D eigenvalue weighted by Crippen LogP contribution is -2.47. The van der Waals surface area contributed by atoms with E-state index in [1.165, 1.54) is 19.1 Å². The Morgan fingerprint density at radius 2 is 1.82 bits per heavy atom. The molecule has 4 rings (SSSR count). The van der Waals surface area contributed by atoms with Gasteiger partial charge in [0.1, 0.15) is 23.5 Å². The minimum absolute atomic E-state index is 0. The zero-order valence-corrected chi connectivity index (χ0v) is 19.0. The maximum absolute atomic E-state index is 14.3. The van der Waals surface area contributed by atoms with E-state index in [0.717, 1.165) is 54.5 Å². The monoisotopic (exact) mass is 477 g/mol. The standard InChI is InChI=1S/C25H26F3N3O3.2H2/c1-3-25(9-4-10-25)13-21(22(32)29-14(2)17-7-5-16(27)12-19(17)28)31-23(33)18-11-15(26)6-8-20(18)30-24(31)34;;/h5-8,11-12,14,21H,3-4,9-10,13H2,1-2H3,(H,29,32)(H,30,34);2*1H/t14-,21+;;/m0../s1. The number of aromatic amines is 1. The number of nitrogens with zero attached hydrogens (tertiary/aromatic N) is 1. The molecular weight excluding hydrogens is 447 g/mol. The van der Waals surface area contributed by atoms with Crippen molar-refractivity contribution in [3.05, 3.63) is 80.3 Å². The van der Waals surface area contributed by atoms with Gasteiger partial charge in [-0.05, 0) is 55.9 Å². The number of aromatic nitrogens is 2. The molecule has 1 saturated carbocycles. The molecule has 0 radical (unpaired) electrons. The Hall–Kier alpha value is -3.36. The van der Waals surface area contributed by atoms with Crippen LogP contribution in [0.3, 0.4) is 0 Å². The minimum Gasteiger partial charge on any atom is -0.348 e. The van der Waals surface area contributed by atoms with Gasteiger partial charge in [0.2, 0.25) is 5.91 Å². The van der Waals surface area contributed by atoms with Crippen molar-refractivity contribution in [3.63, 3.8) is 0 Å². The van der Waals surface area contributed by atoms with Crippen LogP contribution in [0.15, 0.2) is 46.0 Å². The fourth-order valence-electron chi connectivity index (χ4n) is 4.81. The molecule has 9 heteroatoms. The van der Waals surface area contributed by atoms with Gasteiger partial charge in [-0.15, -0.1) is 0 Å². The molecule has 1 fully saturated rings. The van der Waals surface area contributed by atoms with Gasteiger partial charge in [0.05, 0.1) is 16.9 Å². The zero-order valence-electron chi connectivity index (χ0n) is 19.0. The number of rotatable bonds is 7. The molecule has 1 aliphatic carbocycles. The summed E-state index contributed by atoms with van der Waals surface area (Å²) in [4.78, 5) is 42.2. The van der Waals surface area contributed by atoms with Crippen LogP contribution in [0.2, 0.25) is 0 Å². The molecule has 1 aliphatic rings.